The molecule has 8 heteroatoms. The summed E-state index contributed by atoms with van der Waals surface area (Å²) < 4.78 is 5.20. The Kier molecular flexibility index (Phi) is 4.90. The molecular formula is C18H16ClN3O4. The molecule has 0 radical (unpaired) electrons. The zero-order chi connectivity index (χ0) is 18.8. The van der Waals surface area contributed by atoms with Crippen molar-refractivity contribution in [3.8, 4) is 11.5 Å². The number of H-pyrrole nitrogens is 1. The lowest BCUT2D eigenvalue weighted by molar-refractivity contribution is 0.0690. The number of imidazole rings is 1. The van der Waals surface area contributed by atoms with Gasteiger partial charge in [-0.1, -0.05) is 24.6 Å². The first-order valence-electron chi connectivity index (χ1n) is 7.95. The number of halogens is 1. The number of Topliss-reactive ketones (excluding diaryl/α,β-unsaturated/α-hetero) is 1. The van der Waals surface area contributed by atoms with Crippen LogP contribution in [0.15, 0.2) is 28.9 Å². The fourth-order valence-corrected chi connectivity index (χ4v) is 2.81. The third-order valence-corrected chi connectivity index (χ3v) is 4.32. The predicted octanol–water partition coefficient (Wildman–Crippen LogP) is 3.71. The van der Waals surface area contributed by atoms with Gasteiger partial charge in [0.15, 0.2) is 16.7 Å². The van der Waals surface area contributed by atoms with Crippen LogP contribution in [0, 0.1) is 6.92 Å². The molecule has 0 saturated heterocycles. The van der Waals surface area contributed by atoms with E-state index in [2.05, 4.69) is 15.0 Å². The summed E-state index contributed by atoms with van der Waals surface area (Å²) in [6, 6.07) is 5.32. The molecule has 134 valence electrons. The number of carbonyl (C=O) groups is 2. The molecule has 0 amide bonds. The van der Waals surface area contributed by atoms with Gasteiger partial charge in [0.25, 0.3) is 0 Å². The maximum Gasteiger partial charge on any atom is 0.357 e. The van der Waals surface area contributed by atoms with Crippen LogP contribution in [0.3, 0.4) is 0 Å². The Labute approximate surface area is 154 Å². The van der Waals surface area contributed by atoms with Gasteiger partial charge in [-0.2, -0.15) is 0 Å². The van der Waals surface area contributed by atoms with Crippen molar-refractivity contribution in [3.63, 3.8) is 0 Å². The second-order valence-electron chi connectivity index (χ2n) is 5.79. The van der Waals surface area contributed by atoms with Crippen molar-refractivity contribution < 1.29 is 19.1 Å². The van der Waals surface area contributed by atoms with Gasteiger partial charge in [-0.25, -0.2) is 14.8 Å². The largest absolute Gasteiger partial charge is 0.476 e. The summed E-state index contributed by atoms with van der Waals surface area (Å²) in [6.07, 6.45) is 1.93. The van der Waals surface area contributed by atoms with Gasteiger partial charge in [0.2, 0.25) is 11.7 Å². The van der Waals surface area contributed by atoms with Gasteiger partial charge in [0.1, 0.15) is 6.26 Å². The second-order valence-corrected chi connectivity index (χ2v) is 6.15. The Morgan fingerprint density at radius 1 is 1.31 bits per heavy atom. The van der Waals surface area contributed by atoms with Crippen LogP contribution in [-0.2, 0) is 12.8 Å². The van der Waals surface area contributed by atoms with E-state index in [1.165, 1.54) is 0 Å². The Bertz CT molecular complexity index is 990. The average Bonchev–Trinajstić information content (AvgIpc) is 3.23. The van der Waals surface area contributed by atoms with Crippen molar-refractivity contribution in [2.75, 3.05) is 0 Å². The summed E-state index contributed by atoms with van der Waals surface area (Å²) in [5.74, 6) is -0.850. The van der Waals surface area contributed by atoms with E-state index >= 15 is 0 Å². The Morgan fingerprint density at radius 2 is 2.08 bits per heavy atom. The summed E-state index contributed by atoms with van der Waals surface area (Å²) in [6.45, 7) is 3.79. The topological polar surface area (TPSA) is 109 Å². The number of hydrogen-bond donors (Lipinski definition) is 2. The number of aryl methyl sites for hydroxylation is 2. The molecule has 2 heterocycles. The number of nitrogens with zero attached hydrogens (tertiary/aromatic N) is 2. The molecule has 0 aliphatic carbocycles. The Hall–Kier alpha value is -2.93. The van der Waals surface area contributed by atoms with E-state index in [0.717, 1.165) is 23.1 Å². The molecule has 0 spiro atoms. The standard InChI is InChI=1S/C18H16ClN3O4/c1-3-12-15(19)22-16(20-12)14(23)7-10-4-5-11(6-9(10)2)17-21-13(8-26-17)18(24)25/h4-6,8H,3,7H2,1-2H3,(H,20,22)(H,24,25). The van der Waals surface area contributed by atoms with Crippen molar-refractivity contribution in [2.24, 2.45) is 0 Å². The molecule has 26 heavy (non-hydrogen) atoms. The highest BCUT2D eigenvalue weighted by atomic mass is 35.5. The zero-order valence-corrected chi connectivity index (χ0v) is 14.9. The fourth-order valence-electron chi connectivity index (χ4n) is 2.54. The highest BCUT2D eigenvalue weighted by Crippen LogP contribution is 2.23. The molecule has 0 bridgehead atoms. The number of ketones is 1. The van der Waals surface area contributed by atoms with Crippen LogP contribution < -0.4 is 0 Å². The molecule has 0 saturated carbocycles. The number of nitrogens with one attached hydrogen (secondary N) is 1. The van der Waals surface area contributed by atoms with Crippen LogP contribution in [0.5, 0.6) is 0 Å². The quantitative estimate of drug-likeness (QED) is 0.637. The molecule has 1 aromatic carbocycles. The van der Waals surface area contributed by atoms with Crippen molar-refractivity contribution >= 4 is 23.4 Å². The molecule has 7 nitrogen and oxygen atoms in total. The predicted molar refractivity (Wildman–Crippen MR) is 94.6 cm³/mol. The van der Waals surface area contributed by atoms with Crippen molar-refractivity contribution in [1.82, 2.24) is 15.0 Å². The fraction of sp³-hybridized carbons (Fsp3) is 0.222. The SMILES string of the molecule is CCc1[nH]c(C(=O)Cc2ccc(-c3nc(C(=O)O)co3)cc2C)nc1Cl. The van der Waals surface area contributed by atoms with Crippen molar-refractivity contribution in [2.45, 2.75) is 26.7 Å². The van der Waals surface area contributed by atoms with Crippen LogP contribution in [0.4, 0.5) is 0 Å². The van der Waals surface area contributed by atoms with E-state index in [0.29, 0.717) is 17.1 Å². The van der Waals surface area contributed by atoms with E-state index in [9.17, 15) is 9.59 Å². The summed E-state index contributed by atoms with van der Waals surface area (Å²) in [4.78, 5) is 34.3. The molecule has 0 aliphatic rings. The van der Waals surface area contributed by atoms with E-state index < -0.39 is 5.97 Å². The monoisotopic (exact) mass is 373 g/mol. The van der Waals surface area contributed by atoms with Gasteiger partial charge < -0.3 is 14.5 Å². The summed E-state index contributed by atoms with van der Waals surface area (Å²) in [5.41, 5.74) is 2.91. The number of carbonyl (C=O) groups excluding carboxylic acids is 1. The normalized spacial score (nSPS) is 10.9. The summed E-state index contributed by atoms with van der Waals surface area (Å²) in [7, 11) is 0. The summed E-state index contributed by atoms with van der Waals surface area (Å²) in [5, 5.41) is 9.23. The molecule has 0 atom stereocenters. The molecular weight excluding hydrogens is 358 g/mol. The summed E-state index contributed by atoms with van der Waals surface area (Å²) >= 11 is 5.98. The third kappa shape index (κ3) is 3.52. The second kappa shape index (κ2) is 7.13. The highest BCUT2D eigenvalue weighted by Gasteiger charge is 2.17. The van der Waals surface area contributed by atoms with Gasteiger partial charge in [-0.15, -0.1) is 0 Å². The maximum atomic E-state index is 12.4. The van der Waals surface area contributed by atoms with Crippen LogP contribution in [0.25, 0.3) is 11.5 Å². The molecule has 2 N–H and O–H groups in total. The van der Waals surface area contributed by atoms with Crippen LogP contribution >= 0.6 is 11.6 Å². The highest BCUT2D eigenvalue weighted by molar-refractivity contribution is 6.30. The van der Waals surface area contributed by atoms with Crippen LogP contribution in [0.2, 0.25) is 5.15 Å². The first-order valence-corrected chi connectivity index (χ1v) is 8.33. The number of aromatic nitrogens is 3. The molecule has 0 fully saturated rings. The zero-order valence-electron chi connectivity index (χ0n) is 14.2. The number of aromatic amines is 1. The molecule has 0 unspecified atom stereocenters. The maximum absolute atomic E-state index is 12.4. The Morgan fingerprint density at radius 3 is 2.65 bits per heavy atom. The minimum atomic E-state index is -1.15. The third-order valence-electron chi connectivity index (χ3n) is 4.01. The number of rotatable bonds is 6. The van der Waals surface area contributed by atoms with Crippen molar-refractivity contribution in [1.29, 1.82) is 0 Å². The smallest absolute Gasteiger partial charge is 0.357 e. The molecule has 3 aromatic rings. The minimum Gasteiger partial charge on any atom is -0.476 e. The lowest BCUT2D eigenvalue weighted by atomic mass is 10.0. The first kappa shape index (κ1) is 17.9. The van der Waals surface area contributed by atoms with E-state index in [-0.39, 0.29) is 29.6 Å². The van der Waals surface area contributed by atoms with Crippen LogP contribution in [0.1, 0.15) is 44.9 Å². The molecule has 0 aliphatic heterocycles. The van der Waals surface area contributed by atoms with Gasteiger partial charge in [0.05, 0.1) is 5.69 Å². The first-order chi connectivity index (χ1) is 12.4. The van der Waals surface area contributed by atoms with Gasteiger partial charge in [-0.05, 0) is 36.6 Å². The lowest BCUT2D eigenvalue weighted by Crippen LogP contribution is -2.07. The number of oxazole rings is 1. The van der Waals surface area contributed by atoms with E-state index in [4.69, 9.17) is 21.1 Å². The minimum absolute atomic E-state index is 0.154. The van der Waals surface area contributed by atoms with Crippen LogP contribution in [-0.4, -0.2) is 31.8 Å². The Balaban J connectivity index is 1.80. The van der Waals surface area contributed by atoms with Crippen molar-refractivity contribution in [3.05, 3.63) is 58.0 Å². The van der Waals surface area contributed by atoms with Gasteiger partial charge in [-0.3, -0.25) is 4.79 Å². The molecule has 3 rings (SSSR count). The number of aromatic carboxylic acids is 1. The number of carboxylic acid groups (broad SMARTS) is 1. The van der Waals surface area contributed by atoms with Gasteiger partial charge in [0, 0.05) is 12.0 Å². The van der Waals surface area contributed by atoms with E-state index in [1.807, 2.05) is 13.8 Å². The van der Waals surface area contributed by atoms with E-state index in [1.54, 1.807) is 18.2 Å². The lowest BCUT2D eigenvalue weighted by Gasteiger charge is -2.06. The van der Waals surface area contributed by atoms with Gasteiger partial charge >= 0.3 is 5.97 Å². The molecule has 2 aromatic heterocycles. The number of benzene rings is 1. The number of carboxylic acids is 1. The average molecular weight is 374 g/mol. The number of hydrogen-bond acceptors (Lipinski definition) is 5.